The second kappa shape index (κ2) is 6.71. The van der Waals surface area contributed by atoms with Crippen molar-refractivity contribution in [3.63, 3.8) is 0 Å². The lowest BCUT2D eigenvalue weighted by Gasteiger charge is -2.09. The number of hydrogen-bond donors (Lipinski definition) is 1. The smallest absolute Gasteiger partial charge is 0.165 e. The summed E-state index contributed by atoms with van der Waals surface area (Å²) in [6.07, 6.45) is 0.794. The minimum atomic E-state index is -1.05. The number of rotatable bonds is 6. The van der Waals surface area contributed by atoms with Gasteiger partial charge in [-0.25, -0.2) is 4.39 Å². The second-order valence-corrected chi connectivity index (χ2v) is 5.39. The summed E-state index contributed by atoms with van der Waals surface area (Å²) < 4.78 is 29.9. The molecule has 0 aromatic heterocycles. The number of halogens is 1. The lowest BCUT2D eigenvalue weighted by molar-refractivity contribution is 0.386. The lowest BCUT2D eigenvalue weighted by Crippen LogP contribution is -2.26. The SMILES string of the molecule is CCC(N)CS(=O)Cc1ccc(OC)c(F)c1. The summed E-state index contributed by atoms with van der Waals surface area (Å²) in [6.45, 7) is 1.95. The largest absolute Gasteiger partial charge is 0.494 e. The molecule has 96 valence electrons. The molecule has 0 aliphatic rings. The van der Waals surface area contributed by atoms with E-state index >= 15 is 0 Å². The molecule has 0 fully saturated rings. The summed E-state index contributed by atoms with van der Waals surface area (Å²) in [5, 5.41) is 0. The molecule has 1 rings (SSSR count). The van der Waals surface area contributed by atoms with Crippen LogP contribution in [0.5, 0.6) is 5.75 Å². The molecule has 0 heterocycles. The standard InChI is InChI=1S/C12H18FNO2S/c1-3-10(14)8-17(15)7-9-4-5-12(16-2)11(13)6-9/h4-6,10H,3,7-8,14H2,1-2H3. The van der Waals surface area contributed by atoms with Gasteiger partial charge >= 0.3 is 0 Å². The normalized spacial score (nSPS) is 14.4. The van der Waals surface area contributed by atoms with Gasteiger partial charge < -0.3 is 10.5 Å². The van der Waals surface area contributed by atoms with E-state index in [2.05, 4.69) is 0 Å². The van der Waals surface area contributed by atoms with Crippen LogP contribution in [0, 0.1) is 5.82 Å². The van der Waals surface area contributed by atoms with Gasteiger partial charge in [0.05, 0.1) is 7.11 Å². The summed E-state index contributed by atoms with van der Waals surface area (Å²) in [5.41, 5.74) is 6.41. The van der Waals surface area contributed by atoms with Crippen molar-refractivity contribution >= 4 is 10.8 Å². The molecule has 0 radical (unpaired) electrons. The summed E-state index contributed by atoms with van der Waals surface area (Å²) in [4.78, 5) is 0. The van der Waals surface area contributed by atoms with E-state index < -0.39 is 16.6 Å². The third-order valence-corrected chi connectivity index (χ3v) is 3.92. The Labute approximate surface area is 104 Å². The van der Waals surface area contributed by atoms with Crippen molar-refractivity contribution in [2.75, 3.05) is 12.9 Å². The van der Waals surface area contributed by atoms with Gasteiger partial charge in [0, 0.05) is 28.3 Å². The highest BCUT2D eigenvalue weighted by Crippen LogP contribution is 2.18. The van der Waals surface area contributed by atoms with Crippen LogP contribution in [0.2, 0.25) is 0 Å². The summed E-state index contributed by atoms with van der Waals surface area (Å²) in [5.74, 6) is 0.547. The van der Waals surface area contributed by atoms with E-state index in [4.69, 9.17) is 10.5 Å². The van der Waals surface area contributed by atoms with Crippen molar-refractivity contribution in [3.8, 4) is 5.75 Å². The maximum atomic E-state index is 13.4. The molecule has 0 spiro atoms. The van der Waals surface area contributed by atoms with E-state index in [1.165, 1.54) is 13.2 Å². The Morgan fingerprint density at radius 3 is 2.76 bits per heavy atom. The van der Waals surface area contributed by atoms with E-state index in [1.807, 2.05) is 6.92 Å². The number of methoxy groups -OCH3 is 1. The quantitative estimate of drug-likeness (QED) is 0.848. The van der Waals surface area contributed by atoms with Gasteiger partial charge in [-0.3, -0.25) is 4.21 Å². The van der Waals surface area contributed by atoms with Crippen LogP contribution in [0.25, 0.3) is 0 Å². The van der Waals surface area contributed by atoms with Crippen molar-refractivity contribution in [1.82, 2.24) is 0 Å². The van der Waals surface area contributed by atoms with Crippen LogP contribution in [-0.2, 0) is 16.6 Å². The summed E-state index contributed by atoms with van der Waals surface area (Å²) in [6, 6.07) is 4.56. The van der Waals surface area contributed by atoms with Crippen LogP contribution >= 0.6 is 0 Å². The van der Waals surface area contributed by atoms with Crippen LogP contribution in [0.15, 0.2) is 18.2 Å². The molecule has 0 saturated heterocycles. The van der Waals surface area contributed by atoms with E-state index in [9.17, 15) is 8.60 Å². The minimum absolute atomic E-state index is 0.0565. The molecule has 1 aromatic carbocycles. The van der Waals surface area contributed by atoms with Crippen LogP contribution in [0.1, 0.15) is 18.9 Å². The molecule has 2 unspecified atom stereocenters. The zero-order valence-electron chi connectivity index (χ0n) is 10.1. The molecule has 0 aliphatic heterocycles. The van der Waals surface area contributed by atoms with E-state index in [0.717, 1.165) is 6.42 Å². The van der Waals surface area contributed by atoms with E-state index in [-0.39, 0.29) is 11.8 Å². The van der Waals surface area contributed by atoms with Crippen molar-refractivity contribution in [3.05, 3.63) is 29.6 Å². The predicted molar refractivity (Wildman–Crippen MR) is 67.9 cm³/mol. The average molecular weight is 259 g/mol. The minimum Gasteiger partial charge on any atom is -0.494 e. The van der Waals surface area contributed by atoms with Crippen LogP contribution in [0.3, 0.4) is 0 Å². The summed E-state index contributed by atoms with van der Waals surface area (Å²) in [7, 11) is 0.363. The van der Waals surface area contributed by atoms with Crippen LogP contribution in [-0.4, -0.2) is 23.1 Å². The molecule has 2 N–H and O–H groups in total. The van der Waals surface area contributed by atoms with Gasteiger partial charge in [-0.15, -0.1) is 0 Å². The third kappa shape index (κ3) is 4.44. The number of hydrogen-bond acceptors (Lipinski definition) is 3. The maximum absolute atomic E-state index is 13.4. The predicted octanol–water partition coefficient (Wildman–Crippen LogP) is 1.82. The summed E-state index contributed by atoms with van der Waals surface area (Å²) >= 11 is 0. The Morgan fingerprint density at radius 1 is 1.53 bits per heavy atom. The molecule has 5 heteroatoms. The molecule has 0 amide bonds. The Morgan fingerprint density at radius 2 is 2.24 bits per heavy atom. The third-order valence-electron chi connectivity index (χ3n) is 2.47. The van der Waals surface area contributed by atoms with E-state index in [1.54, 1.807) is 12.1 Å². The molecule has 17 heavy (non-hydrogen) atoms. The molecule has 2 atom stereocenters. The first kappa shape index (κ1) is 14.1. The van der Waals surface area contributed by atoms with Crippen molar-refractivity contribution in [1.29, 1.82) is 0 Å². The number of nitrogens with two attached hydrogens (primary N) is 1. The second-order valence-electron chi connectivity index (χ2n) is 3.89. The fraction of sp³-hybridized carbons (Fsp3) is 0.500. The number of ether oxygens (including phenoxy) is 1. The van der Waals surface area contributed by atoms with Gasteiger partial charge in [-0.05, 0) is 24.1 Å². The van der Waals surface area contributed by atoms with Gasteiger partial charge in [-0.1, -0.05) is 13.0 Å². The zero-order valence-corrected chi connectivity index (χ0v) is 10.9. The maximum Gasteiger partial charge on any atom is 0.165 e. The van der Waals surface area contributed by atoms with E-state index in [0.29, 0.717) is 17.1 Å². The fourth-order valence-corrected chi connectivity index (χ4v) is 2.78. The number of benzene rings is 1. The Balaban J connectivity index is 2.63. The monoisotopic (exact) mass is 259 g/mol. The molecule has 0 aliphatic carbocycles. The van der Waals surface area contributed by atoms with Crippen molar-refractivity contribution in [2.24, 2.45) is 5.73 Å². The highest BCUT2D eigenvalue weighted by atomic mass is 32.2. The fourth-order valence-electron chi connectivity index (χ4n) is 1.40. The zero-order chi connectivity index (χ0) is 12.8. The van der Waals surface area contributed by atoms with Crippen LogP contribution < -0.4 is 10.5 Å². The average Bonchev–Trinajstić information content (AvgIpc) is 2.29. The van der Waals surface area contributed by atoms with Gasteiger partial charge in [-0.2, -0.15) is 0 Å². The highest BCUT2D eigenvalue weighted by molar-refractivity contribution is 7.84. The highest BCUT2D eigenvalue weighted by Gasteiger charge is 2.09. The first-order valence-electron chi connectivity index (χ1n) is 5.49. The molecular formula is C12H18FNO2S. The Bertz CT molecular complexity index is 398. The van der Waals surface area contributed by atoms with Gasteiger partial charge in [0.15, 0.2) is 11.6 Å². The van der Waals surface area contributed by atoms with Crippen LogP contribution in [0.4, 0.5) is 4.39 Å². The van der Waals surface area contributed by atoms with Gasteiger partial charge in [0.1, 0.15) is 0 Å². The molecule has 1 aromatic rings. The first-order chi connectivity index (χ1) is 8.06. The molecule has 0 bridgehead atoms. The topological polar surface area (TPSA) is 52.3 Å². The molecular weight excluding hydrogens is 241 g/mol. The van der Waals surface area contributed by atoms with Crippen molar-refractivity contribution in [2.45, 2.75) is 25.1 Å². The van der Waals surface area contributed by atoms with Gasteiger partial charge in [0.25, 0.3) is 0 Å². The molecule has 0 saturated carbocycles. The Kier molecular flexibility index (Phi) is 5.58. The Hall–Kier alpha value is -0.940. The van der Waals surface area contributed by atoms with Crippen molar-refractivity contribution < 1.29 is 13.3 Å². The first-order valence-corrected chi connectivity index (χ1v) is 6.98. The van der Waals surface area contributed by atoms with Gasteiger partial charge in [0.2, 0.25) is 0 Å². The lowest BCUT2D eigenvalue weighted by atomic mass is 10.2. The molecule has 3 nitrogen and oxygen atoms in total.